The predicted octanol–water partition coefficient (Wildman–Crippen LogP) is 1.52. The van der Waals surface area contributed by atoms with Gasteiger partial charge in [0.05, 0.1) is 11.5 Å². The number of rotatable bonds is 5. The molecule has 3 aliphatic rings. The Bertz CT molecular complexity index is 572. The summed E-state index contributed by atoms with van der Waals surface area (Å²) in [7, 11) is -2.83. The summed E-state index contributed by atoms with van der Waals surface area (Å²) < 4.78 is 28.9. The monoisotopic (exact) mass is 371 g/mol. The van der Waals surface area contributed by atoms with E-state index in [1.54, 1.807) is 0 Å². The molecule has 0 aromatic heterocycles. The number of nitrogens with zero attached hydrogens (tertiary/aromatic N) is 2. The third-order valence-electron chi connectivity index (χ3n) is 5.97. The summed E-state index contributed by atoms with van der Waals surface area (Å²) in [5.74, 6) is 3.16. The lowest BCUT2D eigenvalue weighted by molar-refractivity contribution is 0.173. The van der Waals surface area contributed by atoms with Gasteiger partial charge in [-0.25, -0.2) is 8.42 Å². The van der Waals surface area contributed by atoms with E-state index in [-0.39, 0.29) is 5.92 Å². The second kappa shape index (κ2) is 8.25. The van der Waals surface area contributed by atoms with Crippen LogP contribution >= 0.6 is 0 Å². The fourth-order valence-electron chi connectivity index (χ4n) is 4.08. The van der Waals surface area contributed by atoms with Gasteiger partial charge in [0.15, 0.2) is 15.8 Å². The number of nitrogens with one attached hydrogen (secondary N) is 1. The molecule has 0 bridgehead atoms. The van der Waals surface area contributed by atoms with E-state index < -0.39 is 9.84 Å². The van der Waals surface area contributed by atoms with E-state index in [0.717, 1.165) is 45.1 Å². The second-order valence-corrected chi connectivity index (χ2v) is 10.2. The van der Waals surface area contributed by atoms with Crippen molar-refractivity contribution in [2.45, 2.75) is 45.6 Å². The van der Waals surface area contributed by atoms with Gasteiger partial charge in [-0.15, -0.1) is 0 Å². The zero-order valence-corrected chi connectivity index (χ0v) is 16.4. The molecular weight excluding hydrogens is 338 g/mol. The predicted molar refractivity (Wildman–Crippen MR) is 101 cm³/mol. The fraction of sp³-hybridized carbons (Fsp3) is 0.944. The summed E-state index contributed by atoms with van der Waals surface area (Å²) in [4.78, 5) is 7.21. The maximum atomic E-state index is 11.7. The van der Waals surface area contributed by atoms with E-state index in [2.05, 4.69) is 24.1 Å². The summed E-state index contributed by atoms with van der Waals surface area (Å²) in [6.07, 6.45) is 4.19. The summed E-state index contributed by atoms with van der Waals surface area (Å²) >= 11 is 0. The van der Waals surface area contributed by atoms with Crippen LogP contribution in [-0.4, -0.2) is 69.7 Å². The van der Waals surface area contributed by atoms with Gasteiger partial charge in [-0.3, -0.25) is 4.99 Å². The van der Waals surface area contributed by atoms with Gasteiger partial charge in [0.2, 0.25) is 0 Å². The maximum Gasteiger partial charge on any atom is 0.194 e. The Labute approximate surface area is 152 Å². The Morgan fingerprint density at radius 3 is 2.80 bits per heavy atom. The van der Waals surface area contributed by atoms with Crippen LogP contribution in [0.4, 0.5) is 0 Å². The number of hydrogen-bond donors (Lipinski definition) is 1. The molecule has 3 saturated heterocycles. The van der Waals surface area contributed by atoms with Gasteiger partial charge in [0.25, 0.3) is 0 Å². The minimum Gasteiger partial charge on any atom is -0.381 e. The Hall–Kier alpha value is -0.820. The lowest BCUT2D eigenvalue weighted by Gasteiger charge is -2.26. The summed E-state index contributed by atoms with van der Waals surface area (Å²) in [5.41, 5.74) is 0. The van der Waals surface area contributed by atoms with Gasteiger partial charge >= 0.3 is 0 Å². The van der Waals surface area contributed by atoms with Crippen molar-refractivity contribution in [3.8, 4) is 0 Å². The number of sulfone groups is 1. The lowest BCUT2D eigenvalue weighted by atomic mass is 9.91. The largest absolute Gasteiger partial charge is 0.381 e. The van der Waals surface area contributed by atoms with E-state index in [9.17, 15) is 8.42 Å². The van der Waals surface area contributed by atoms with Crippen LogP contribution < -0.4 is 5.32 Å². The maximum absolute atomic E-state index is 11.7. The number of hydrogen-bond acceptors (Lipinski definition) is 4. The second-order valence-electron chi connectivity index (χ2n) is 8.01. The topological polar surface area (TPSA) is 71.0 Å². The molecule has 0 saturated carbocycles. The number of guanidine groups is 1. The first kappa shape index (κ1) is 19.0. The standard InChI is InChI=1S/C18H33N3O3S/c1-3-14(2)20-18(19-10-15-6-9-25(22,23)13-15)21-7-4-16(11-21)17-5-8-24-12-17/h14-17H,3-13H2,1-2H3,(H,19,20). The first-order chi connectivity index (χ1) is 12.0. The molecule has 1 N–H and O–H groups in total. The zero-order chi connectivity index (χ0) is 17.9. The minimum atomic E-state index is -2.83. The molecule has 3 aliphatic heterocycles. The van der Waals surface area contributed by atoms with Crippen molar-refractivity contribution >= 4 is 15.8 Å². The van der Waals surface area contributed by atoms with Crippen LogP contribution in [0.25, 0.3) is 0 Å². The van der Waals surface area contributed by atoms with Crippen LogP contribution in [0.1, 0.15) is 39.5 Å². The summed E-state index contributed by atoms with van der Waals surface area (Å²) in [6, 6.07) is 0.375. The third-order valence-corrected chi connectivity index (χ3v) is 7.81. The third kappa shape index (κ3) is 5.09. The molecule has 0 aromatic carbocycles. The molecule has 4 atom stereocenters. The highest BCUT2D eigenvalue weighted by Gasteiger charge is 2.34. The first-order valence-corrected chi connectivity index (χ1v) is 11.6. The van der Waals surface area contributed by atoms with Crippen molar-refractivity contribution in [2.24, 2.45) is 22.7 Å². The van der Waals surface area contributed by atoms with E-state index in [0.29, 0.717) is 35.9 Å². The highest BCUT2D eigenvalue weighted by molar-refractivity contribution is 7.91. The van der Waals surface area contributed by atoms with Crippen molar-refractivity contribution < 1.29 is 13.2 Å². The Balaban J connectivity index is 1.61. The van der Waals surface area contributed by atoms with Gasteiger partial charge in [0.1, 0.15) is 0 Å². The Morgan fingerprint density at radius 1 is 1.32 bits per heavy atom. The van der Waals surface area contributed by atoms with Crippen molar-refractivity contribution in [2.75, 3.05) is 44.4 Å². The number of ether oxygens (including phenoxy) is 1. The average molecular weight is 372 g/mol. The Kier molecular flexibility index (Phi) is 6.25. The molecule has 0 spiro atoms. The molecule has 4 unspecified atom stereocenters. The van der Waals surface area contributed by atoms with Crippen molar-refractivity contribution in [3.63, 3.8) is 0 Å². The Morgan fingerprint density at radius 2 is 2.16 bits per heavy atom. The van der Waals surface area contributed by atoms with Crippen LogP contribution in [0.3, 0.4) is 0 Å². The normalized spacial score (nSPS) is 33.8. The smallest absolute Gasteiger partial charge is 0.194 e. The number of likely N-dealkylation sites (tertiary alicyclic amines) is 1. The first-order valence-electron chi connectivity index (χ1n) is 9.81. The number of aliphatic imine (C=N–C) groups is 1. The SMILES string of the molecule is CCC(C)NC(=NCC1CCS(=O)(=O)C1)N1CCC(C2CCOC2)C1. The molecule has 25 heavy (non-hydrogen) atoms. The van der Waals surface area contributed by atoms with Gasteiger partial charge in [0, 0.05) is 38.9 Å². The molecule has 3 rings (SSSR count). The molecule has 0 aliphatic carbocycles. The van der Waals surface area contributed by atoms with E-state index >= 15 is 0 Å². The molecule has 0 aromatic rings. The van der Waals surface area contributed by atoms with E-state index in [1.165, 1.54) is 12.8 Å². The van der Waals surface area contributed by atoms with Crippen molar-refractivity contribution in [1.29, 1.82) is 0 Å². The van der Waals surface area contributed by atoms with Crippen LogP contribution in [0.2, 0.25) is 0 Å². The zero-order valence-electron chi connectivity index (χ0n) is 15.6. The quantitative estimate of drug-likeness (QED) is 0.586. The summed E-state index contributed by atoms with van der Waals surface area (Å²) in [6.45, 7) is 8.85. The van der Waals surface area contributed by atoms with Crippen molar-refractivity contribution in [3.05, 3.63) is 0 Å². The molecule has 7 heteroatoms. The highest BCUT2D eigenvalue weighted by Crippen LogP contribution is 2.30. The molecular formula is C18H33N3O3S. The minimum absolute atomic E-state index is 0.181. The molecule has 0 amide bonds. The van der Waals surface area contributed by atoms with Crippen molar-refractivity contribution in [1.82, 2.24) is 10.2 Å². The molecule has 6 nitrogen and oxygen atoms in total. The fourth-order valence-corrected chi connectivity index (χ4v) is 5.93. The van der Waals surface area contributed by atoms with Gasteiger partial charge in [-0.2, -0.15) is 0 Å². The highest BCUT2D eigenvalue weighted by atomic mass is 32.2. The van der Waals surface area contributed by atoms with Gasteiger partial charge in [-0.05, 0) is 50.4 Å². The van der Waals surface area contributed by atoms with E-state index in [4.69, 9.17) is 9.73 Å². The molecule has 3 fully saturated rings. The average Bonchev–Trinajstić information content (AvgIpc) is 3.31. The van der Waals surface area contributed by atoms with E-state index in [1.807, 2.05) is 0 Å². The summed E-state index contributed by atoms with van der Waals surface area (Å²) in [5, 5.41) is 3.56. The van der Waals surface area contributed by atoms with Crippen LogP contribution in [0.5, 0.6) is 0 Å². The van der Waals surface area contributed by atoms with Crippen LogP contribution in [0.15, 0.2) is 4.99 Å². The van der Waals surface area contributed by atoms with Gasteiger partial charge < -0.3 is 15.0 Å². The molecule has 144 valence electrons. The van der Waals surface area contributed by atoms with Crippen LogP contribution in [-0.2, 0) is 14.6 Å². The van der Waals surface area contributed by atoms with Gasteiger partial charge in [-0.1, -0.05) is 6.92 Å². The van der Waals surface area contributed by atoms with Crippen LogP contribution in [0, 0.1) is 17.8 Å². The molecule has 0 radical (unpaired) electrons. The lowest BCUT2D eigenvalue weighted by Crippen LogP contribution is -2.44. The molecule has 3 heterocycles.